The minimum Gasteiger partial charge on any atom is -0.459 e. The van der Waals surface area contributed by atoms with E-state index >= 15 is 0 Å². The fraction of sp³-hybridized carbons (Fsp3) is 0.545. The van der Waals surface area contributed by atoms with Crippen LogP contribution in [0.5, 0.6) is 0 Å². The van der Waals surface area contributed by atoms with Gasteiger partial charge in [-0.25, -0.2) is 0 Å². The number of amides is 1. The number of carbonyl (C=O) groups is 1. The first kappa shape index (κ1) is 12.1. The second-order valence-corrected chi connectivity index (χ2v) is 4.57. The molecule has 0 radical (unpaired) electrons. The molecule has 84 valence electrons. The Labute approximate surface area is 94.8 Å². The first-order valence-electron chi connectivity index (χ1n) is 4.99. The summed E-state index contributed by atoms with van der Waals surface area (Å²) in [4.78, 5) is 11.7. The van der Waals surface area contributed by atoms with E-state index in [4.69, 9.17) is 16.0 Å². The predicted molar refractivity (Wildman–Crippen MR) is 60.3 cm³/mol. The molecular formula is C11H16ClNO2. The zero-order valence-corrected chi connectivity index (χ0v) is 9.97. The summed E-state index contributed by atoms with van der Waals surface area (Å²) in [6.07, 6.45) is 2.26. The number of carbonyl (C=O) groups excluding carboxylic acids is 1. The van der Waals surface area contributed by atoms with Crippen molar-refractivity contribution in [2.75, 3.05) is 0 Å². The van der Waals surface area contributed by atoms with Crippen LogP contribution in [0.15, 0.2) is 16.7 Å². The first-order chi connectivity index (χ1) is 7.00. The van der Waals surface area contributed by atoms with Gasteiger partial charge in [0.1, 0.15) is 0 Å². The molecule has 2 atom stereocenters. The summed E-state index contributed by atoms with van der Waals surface area (Å²) in [6.45, 7) is 5.67. The molecule has 0 bridgehead atoms. The van der Waals surface area contributed by atoms with Crippen molar-refractivity contribution in [3.8, 4) is 0 Å². The van der Waals surface area contributed by atoms with Crippen molar-refractivity contribution in [2.24, 2.45) is 0 Å². The predicted octanol–water partition coefficient (Wildman–Crippen LogP) is 2.72. The lowest BCUT2D eigenvalue weighted by Crippen LogP contribution is -2.34. The van der Waals surface area contributed by atoms with Gasteiger partial charge in [-0.1, -0.05) is 0 Å². The average molecular weight is 230 g/mol. The van der Waals surface area contributed by atoms with Crippen LogP contribution in [0, 0.1) is 6.92 Å². The standard InChI is InChI=1S/C11H16ClNO2/c1-7-4-5-15-10(7)11(14)13-9(3)6-8(2)12/h4-5,8-9H,6H2,1-3H3,(H,13,14). The third-order valence-electron chi connectivity index (χ3n) is 2.12. The van der Waals surface area contributed by atoms with Gasteiger partial charge in [0.05, 0.1) is 6.26 Å². The van der Waals surface area contributed by atoms with E-state index in [0.717, 1.165) is 12.0 Å². The maximum absolute atomic E-state index is 11.7. The lowest BCUT2D eigenvalue weighted by atomic mass is 10.2. The van der Waals surface area contributed by atoms with Crippen LogP contribution in [0.2, 0.25) is 0 Å². The molecule has 0 aromatic carbocycles. The van der Waals surface area contributed by atoms with Gasteiger partial charge in [-0.2, -0.15) is 0 Å². The van der Waals surface area contributed by atoms with Crippen LogP contribution in [0.25, 0.3) is 0 Å². The molecule has 1 aromatic heterocycles. The maximum Gasteiger partial charge on any atom is 0.287 e. The van der Waals surface area contributed by atoms with Crippen LogP contribution in [-0.4, -0.2) is 17.3 Å². The number of nitrogens with one attached hydrogen (secondary N) is 1. The normalized spacial score (nSPS) is 14.7. The Kier molecular flexibility index (Phi) is 4.21. The van der Waals surface area contributed by atoms with Gasteiger partial charge >= 0.3 is 0 Å². The monoisotopic (exact) mass is 229 g/mol. The zero-order chi connectivity index (χ0) is 11.4. The molecule has 1 amide bonds. The van der Waals surface area contributed by atoms with Gasteiger partial charge in [0.25, 0.3) is 5.91 Å². The zero-order valence-electron chi connectivity index (χ0n) is 9.21. The highest BCUT2D eigenvalue weighted by Gasteiger charge is 2.15. The van der Waals surface area contributed by atoms with Gasteiger partial charge in [-0.15, -0.1) is 11.6 Å². The minimum absolute atomic E-state index is 0.0505. The molecule has 1 N–H and O–H groups in total. The summed E-state index contributed by atoms with van der Waals surface area (Å²) in [7, 11) is 0. The molecule has 0 saturated heterocycles. The molecule has 0 aliphatic rings. The van der Waals surface area contributed by atoms with Crippen LogP contribution in [0.3, 0.4) is 0 Å². The topological polar surface area (TPSA) is 42.2 Å². The third kappa shape index (κ3) is 3.59. The van der Waals surface area contributed by atoms with Crippen molar-refractivity contribution < 1.29 is 9.21 Å². The van der Waals surface area contributed by atoms with Crippen molar-refractivity contribution >= 4 is 17.5 Å². The lowest BCUT2D eigenvalue weighted by Gasteiger charge is -2.14. The number of furan rings is 1. The average Bonchev–Trinajstić information content (AvgIpc) is 2.49. The van der Waals surface area contributed by atoms with Crippen molar-refractivity contribution in [2.45, 2.75) is 38.6 Å². The molecule has 3 nitrogen and oxygen atoms in total. The van der Waals surface area contributed by atoms with E-state index in [1.54, 1.807) is 6.07 Å². The number of halogens is 1. The van der Waals surface area contributed by atoms with Crippen LogP contribution in [0.1, 0.15) is 36.4 Å². The SMILES string of the molecule is Cc1ccoc1C(=O)NC(C)CC(C)Cl. The molecule has 0 spiro atoms. The van der Waals surface area contributed by atoms with E-state index in [1.165, 1.54) is 6.26 Å². The van der Waals surface area contributed by atoms with Gasteiger partial charge in [0, 0.05) is 17.0 Å². The highest BCUT2D eigenvalue weighted by Crippen LogP contribution is 2.10. The number of hydrogen-bond acceptors (Lipinski definition) is 2. The van der Waals surface area contributed by atoms with Gasteiger partial charge in [-0.3, -0.25) is 4.79 Å². The quantitative estimate of drug-likeness (QED) is 0.807. The second kappa shape index (κ2) is 5.21. The minimum atomic E-state index is -0.178. The molecule has 4 heteroatoms. The Morgan fingerprint density at radius 1 is 1.60 bits per heavy atom. The molecule has 15 heavy (non-hydrogen) atoms. The maximum atomic E-state index is 11.7. The van der Waals surface area contributed by atoms with Crippen LogP contribution in [0.4, 0.5) is 0 Å². The summed E-state index contributed by atoms with van der Waals surface area (Å²) >= 11 is 5.84. The van der Waals surface area contributed by atoms with E-state index in [0.29, 0.717) is 5.76 Å². The Bertz CT molecular complexity index is 333. The molecule has 0 aliphatic carbocycles. The Hall–Kier alpha value is -0.960. The highest BCUT2D eigenvalue weighted by molar-refractivity contribution is 6.20. The molecule has 2 unspecified atom stereocenters. The Balaban J connectivity index is 2.53. The fourth-order valence-electron chi connectivity index (χ4n) is 1.44. The van der Waals surface area contributed by atoms with Crippen molar-refractivity contribution in [3.63, 3.8) is 0 Å². The molecule has 1 aromatic rings. The van der Waals surface area contributed by atoms with Gasteiger partial charge in [-0.05, 0) is 33.3 Å². The number of rotatable bonds is 4. The van der Waals surface area contributed by atoms with E-state index in [1.807, 2.05) is 20.8 Å². The summed E-state index contributed by atoms with van der Waals surface area (Å²) in [5.41, 5.74) is 0.846. The smallest absolute Gasteiger partial charge is 0.287 e. The molecule has 0 aliphatic heterocycles. The van der Waals surface area contributed by atoms with Crippen molar-refractivity contribution in [1.82, 2.24) is 5.32 Å². The molecule has 0 saturated carbocycles. The Morgan fingerprint density at radius 2 is 2.27 bits per heavy atom. The third-order valence-corrected chi connectivity index (χ3v) is 2.30. The van der Waals surface area contributed by atoms with Gasteiger partial charge in [0.15, 0.2) is 5.76 Å². The summed E-state index contributed by atoms with van der Waals surface area (Å²) < 4.78 is 5.09. The van der Waals surface area contributed by atoms with E-state index in [2.05, 4.69) is 5.32 Å². The fourth-order valence-corrected chi connectivity index (χ4v) is 1.71. The van der Waals surface area contributed by atoms with Gasteiger partial charge < -0.3 is 9.73 Å². The van der Waals surface area contributed by atoms with Gasteiger partial charge in [0.2, 0.25) is 0 Å². The van der Waals surface area contributed by atoms with Crippen molar-refractivity contribution in [3.05, 3.63) is 23.7 Å². The Morgan fingerprint density at radius 3 is 2.73 bits per heavy atom. The lowest BCUT2D eigenvalue weighted by molar-refractivity contribution is 0.0909. The number of aryl methyl sites for hydroxylation is 1. The van der Waals surface area contributed by atoms with E-state index < -0.39 is 0 Å². The van der Waals surface area contributed by atoms with E-state index in [-0.39, 0.29) is 17.3 Å². The van der Waals surface area contributed by atoms with Crippen LogP contribution >= 0.6 is 11.6 Å². The largest absolute Gasteiger partial charge is 0.459 e. The van der Waals surface area contributed by atoms with Crippen LogP contribution in [-0.2, 0) is 0 Å². The molecule has 1 heterocycles. The molecular weight excluding hydrogens is 214 g/mol. The summed E-state index contributed by atoms with van der Waals surface area (Å²) in [5.74, 6) is 0.200. The number of hydrogen-bond donors (Lipinski definition) is 1. The van der Waals surface area contributed by atoms with Crippen LogP contribution < -0.4 is 5.32 Å². The molecule has 0 fully saturated rings. The first-order valence-corrected chi connectivity index (χ1v) is 5.43. The molecule has 1 rings (SSSR count). The van der Waals surface area contributed by atoms with Crippen molar-refractivity contribution in [1.29, 1.82) is 0 Å². The summed E-state index contributed by atoms with van der Waals surface area (Å²) in [5, 5.41) is 2.89. The highest BCUT2D eigenvalue weighted by atomic mass is 35.5. The number of alkyl halides is 1. The second-order valence-electron chi connectivity index (χ2n) is 3.82. The summed E-state index contributed by atoms with van der Waals surface area (Å²) in [6, 6.07) is 1.82. The van der Waals surface area contributed by atoms with E-state index in [9.17, 15) is 4.79 Å².